The van der Waals surface area contributed by atoms with E-state index >= 15 is 0 Å². The van der Waals surface area contributed by atoms with Crippen molar-refractivity contribution >= 4 is 35.8 Å². The van der Waals surface area contributed by atoms with E-state index in [9.17, 15) is 4.79 Å². The molecule has 2 saturated heterocycles. The summed E-state index contributed by atoms with van der Waals surface area (Å²) in [6.45, 7) is 10.9. The van der Waals surface area contributed by atoms with Gasteiger partial charge in [0, 0.05) is 52.4 Å². The molecule has 8 nitrogen and oxygen atoms in total. The molecule has 0 bridgehead atoms. The zero-order valence-corrected chi connectivity index (χ0v) is 21.6. The van der Waals surface area contributed by atoms with Crippen molar-refractivity contribution in [1.82, 2.24) is 20.0 Å². The lowest BCUT2D eigenvalue weighted by atomic mass is 10.1. The number of nitrogens with one attached hydrogen (secondary N) is 1. The number of furan rings is 1. The van der Waals surface area contributed by atoms with E-state index in [2.05, 4.69) is 46.3 Å². The van der Waals surface area contributed by atoms with Crippen LogP contribution in [0, 0.1) is 0 Å². The highest BCUT2D eigenvalue weighted by Crippen LogP contribution is 2.12. The topological polar surface area (TPSA) is 73.6 Å². The first kappa shape index (κ1) is 25.5. The van der Waals surface area contributed by atoms with Crippen LogP contribution >= 0.6 is 24.0 Å². The molecule has 180 valence electrons. The molecule has 1 N–H and O–H groups in total. The zero-order valence-electron chi connectivity index (χ0n) is 19.2. The van der Waals surface area contributed by atoms with Gasteiger partial charge in [0.15, 0.2) is 11.7 Å². The fourth-order valence-electron chi connectivity index (χ4n) is 4.04. The third kappa shape index (κ3) is 7.18. The van der Waals surface area contributed by atoms with Crippen molar-refractivity contribution < 1.29 is 13.9 Å². The summed E-state index contributed by atoms with van der Waals surface area (Å²) in [4.78, 5) is 23.8. The Kier molecular flexibility index (Phi) is 10.0. The summed E-state index contributed by atoms with van der Waals surface area (Å²) in [6, 6.07) is 12.2. The van der Waals surface area contributed by atoms with E-state index in [1.54, 1.807) is 12.1 Å². The van der Waals surface area contributed by atoms with E-state index in [0.29, 0.717) is 25.4 Å². The summed E-state index contributed by atoms with van der Waals surface area (Å²) in [7, 11) is 0. The van der Waals surface area contributed by atoms with Gasteiger partial charge in [-0.3, -0.25) is 9.69 Å². The van der Waals surface area contributed by atoms with Crippen LogP contribution in [0.1, 0.15) is 28.6 Å². The quantitative estimate of drug-likeness (QED) is 0.329. The van der Waals surface area contributed by atoms with Gasteiger partial charge < -0.3 is 24.3 Å². The van der Waals surface area contributed by atoms with Gasteiger partial charge in [0.2, 0.25) is 0 Å². The van der Waals surface area contributed by atoms with Gasteiger partial charge >= 0.3 is 0 Å². The first-order valence-corrected chi connectivity index (χ1v) is 11.5. The van der Waals surface area contributed by atoms with Crippen LogP contribution in [0.15, 0.2) is 52.1 Å². The number of benzene rings is 1. The number of carbonyl (C=O) groups is 1. The second kappa shape index (κ2) is 13.0. The molecule has 9 heteroatoms. The highest BCUT2D eigenvalue weighted by atomic mass is 127. The van der Waals surface area contributed by atoms with Crippen LogP contribution in [0.2, 0.25) is 0 Å². The predicted octanol–water partition coefficient (Wildman–Crippen LogP) is 2.65. The third-order valence-electron chi connectivity index (χ3n) is 5.88. The second-order valence-corrected chi connectivity index (χ2v) is 8.13. The second-order valence-electron chi connectivity index (χ2n) is 8.13. The summed E-state index contributed by atoms with van der Waals surface area (Å²) in [5, 5.41) is 3.40. The fourth-order valence-corrected chi connectivity index (χ4v) is 4.04. The maximum atomic E-state index is 12.5. The van der Waals surface area contributed by atoms with E-state index < -0.39 is 0 Å². The molecule has 2 aromatic rings. The van der Waals surface area contributed by atoms with Gasteiger partial charge in [-0.25, -0.2) is 4.99 Å². The van der Waals surface area contributed by atoms with E-state index in [-0.39, 0.29) is 29.9 Å². The highest BCUT2D eigenvalue weighted by molar-refractivity contribution is 14.0. The molecular weight excluding hydrogens is 533 g/mol. The Morgan fingerprint density at radius 1 is 0.970 bits per heavy atom. The number of guanidine groups is 1. The minimum atomic E-state index is -0.0474. The number of morpholine rings is 1. The van der Waals surface area contributed by atoms with E-state index in [4.69, 9.17) is 14.1 Å². The van der Waals surface area contributed by atoms with Gasteiger partial charge in [-0.2, -0.15) is 0 Å². The van der Waals surface area contributed by atoms with Crippen LogP contribution in [-0.2, 0) is 17.8 Å². The molecule has 2 fully saturated rings. The summed E-state index contributed by atoms with van der Waals surface area (Å²) >= 11 is 0. The number of halogens is 1. The average molecular weight is 567 g/mol. The molecule has 33 heavy (non-hydrogen) atoms. The van der Waals surface area contributed by atoms with Gasteiger partial charge in [-0.1, -0.05) is 24.3 Å². The van der Waals surface area contributed by atoms with Gasteiger partial charge in [0.05, 0.1) is 26.0 Å². The number of amides is 1. The van der Waals surface area contributed by atoms with Crippen molar-refractivity contribution in [3.63, 3.8) is 0 Å². The van der Waals surface area contributed by atoms with Crippen LogP contribution in [0.5, 0.6) is 0 Å². The van der Waals surface area contributed by atoms with Crippen LogP contribution < -0.4 is 5.32 Å². The minimum Gasteiger partial charge on any atom is -0.459 e. The van der Waals surface area contributed by atoms with Crippen LogP contribution in [-0.4, -0.2) is 85.6 Å². The standard InChI is InChI=1S/C24H33N5O3.HI/c1-2-25-24(29-11-9-28(10-12-29)23(30)22-4-3-15-32-22)26-18-20-5-7-21(8-6-20)19-27-13-16-31-17-14-27;/h3-8,15H,2,9-14,16-19H2,1H3,(H,25,26);1H. The molecule has 4 rings (SSSR count). The fraction of sp³-hybridized carbons (Fsp3) is 0.500. The molecular formula is C24H34IN5O3. The number of nitrogens with zero attached hydrogens (tertiary/aromatic N) is 4. The van der Waals surface area contributed by atoms with Gasteiger partial charge in [0.1, 0.15) is 0 Å². The van der Waals surface area contributed by atoms with Crippen molar-refractivity contribution in [3.8, 4) is 0 Å². The molecule has 3 heterocycles. The molecule has 0 saturated carbocycles. The molecule has 0 unspecified atom stereocenters. The Morgan fingerprint density at radius 2 is 1.64 bits per heavy atom. The largest absolute Gasteiger partial charge is 0.459 e. The highest BCUT2D eigenvalue weighted by Gasteiger charge is 2.25. The van der Waals surface area contributed by atoms with Crippen molar-refractivity contribution in [1.29, 1.82) is 0 Å². The SMILES string of the molecule is CCNC(=NCc1ccc(CN2CCOCC2)cc1)N1CCN(C(=O)c2ccco2)CC1.I. The normalized spacial score (nSPS) is 17.5. The van der Waals surface area contributed by atoms with E-state index in [0.717, 1.165) is 58.4 Å². The van der Waals surface area contributed by atoms with Crippen molar-refractivity contribution in [3.05, 3.63) is 59.5 Å². The Morgan fingerprint density at radius 3 is 2.27 bits per heavy atom. The van der Waals surface area contributed by atoms with Gasteiger partial charge in [-0.05, 0) is 30.2 Å². The molecule has 2 aliphatic rings. The minimum absolute atomic E-state index is 0. The van der Waals surface area contributed by atoms with E-state index in [1.165, 1.54) is 17.4 Å². The molecule has 1 aromatic heterocycles. The van der Waals surface area contributed by atoms with Gasteiger partial charge in [0.25, 0.3) is 5.91 Å². The Hall–Kier alpha value is -2.11. The lowest BCUT2D eigenvalue weighted by molar-refractivity contribution is 0.0342. The first-order valence-electron chi connectivity index (χ1n) is 11.5. The summed E-state index contributed by atoms with van der Waals surface area (Å²) in [5.41, 5.74) is 2.52. The number of carbonyl (C=O) groups excluding carboxylic acids is 1. The average Bonchev–Trinajstić information content (AvgIpc) is 3.38. The third-order valence-corrected chi connectivity index (χ3v) is 5.88. The molecule has 2 aliphatic heterocycles. The number of hydrogen-bond donors (Lipinski definition) is 1. The molecule has 0 atom stereocenters. The van der Waals surface area contributed by atoms with Crippen LogP contribution in [0.3, 0.4) is 0 Å². The summed E-state index contributed by atoms with van der Waals surface area (Å²) in [5.74, 6) is 1.25. The molecule has 1 aromatic carbocycles. The van der Waals surface area contributed by atoms with Gasteiger partial charge in [-0.15, -0.1) is 24.0 Å². The molecule has 0 radical (unpaired) electrons. The van der Waals surface area contributed by atoms with Crippen molar-refractivity contribution in [2.75, 3.05) is 59.0 Å². The lowest BCUT2D eigenvalue weighted by Crippen LogP contribution is -2.53. The summed E-state index contributed by atoms with van der Waals surface area (Å²) < 4.78 is 10.7. The number of aliphatic imine (C=N–C) groups is 1. The van der Waals surface area contributed by atoms with E-state index in [1.807, 2.05) is 4.90 Å². The Labute approximate surface area is 213 Å². The Bertz CT molecular complexity index is 874. The monoisotopic (exact) mass is 567 g/mol. The molecule has 0 aliphatic carbocycles. The lowest BCUT2D eigenvalue weighted by Gasteiger charge is -2.36. The maximum absolute atomic E-state index is 12.5. The predicted molar refractivity (Wildman–Crippen MR) is 139 cm³/mol. The number of piperazine rings is 1. The maximum Gasteiger partial charge on any atom is 0.289 e. The number of rotatable bonds is 6. The number of ether oxygens (including phenoxy) is 1. The van der Waals surface area contributed by atoms with Crippen LogP contribution in [0.25, 0.3) is 0 Å². The smallest absolute Gasteiger partial charge is 0.289 e. The number of hydrogen-bond acceptors (Lipinski definition) is 5. The van der Waals surface area contributed by atoms with Crippen LogP contribution in [0.4, 0.5) is 0 Å². The summed E-state index contributed by atoms with van der Waals surface area (Å²) in [6.07, 6.45) is 1.54. The zero-order chi connectivity index (χ0) is 22.2. The first-order chi connectivity index (χ1) is 15.7. The Balaban J connectivity index is 0.00000306. The molecule has 0 spiro atoms. The van der Waals surface area contributed by atoms with Crippen molar-refractivity contribution in [2.45, 2.75) is 20.0 Å². The molecule has 1 amide bonds. The van der Waals surface area contributed by atoms with Crippen molar-refractivity contribution in [2.24, 2.45) is 4.99 Å².